The van der Waals surface area contributed by atoms with Gasteiger partial charge in [-0.15, -0.1) is 11.8 Å². The van der Waals surface area contributed by atoms with Crippen molar-refractivity contribution in [3.05, 3.63) is 29.8 Å². The van der Waals surface area contributed by atoms with Gasteiger partial charge in [0.15, 0.2) is 0 Å². The van der Waals surface area contributed by atoms with Crippen molar-refractivity contribution in [1.29, 1.82) is 0 Å². The molecule has 16 heavy (non-hydrogen) atoms. The van der Waals surface area contributed by atoms with Crippen LogP contribution in [0.1, 0.15) is 31.7 Å². The van der Waals surface area contributed by atoms with E-state index < -0.39 is 0 Å². The average Bonchev–Trinajstić information content (AvgIpc) is 2.25. The molecule has 0 aromatic heterocycles. The van der Waals surface area contributed by atoms with Gasteiger partial charge in [-0.25, -0.2) is 0 Å². The zero-order valence-corrected chi connectivity index (χ0v) is 10.7. The second-order valence-electron chi connectivity index (χ2n) is 4.72. The number of Topliss-reactive ketones (excluding diaryl/α,β-unsaturated/α-hetero) is 1. The van der Waals surface area contributed by atoms with Crippen LogP contribution >= 0.6 is 11.8 Å². The zero-order chi connectivity index (χ0) is 11.5. The van der Waals surface area contributed by atoms with Crippen molar-refractivity contribution < 1.29 is 4.79 Å². The van der Waals surface area contributed by atoms with Crippen molar-refractivity contribution in [2.45, 2.75) is 43.3 Å². The lowest BCUT2D eigenvalue weighted by atomic mass is 9.89. The summed E-state index contributed by atoms with van der Waals surface area (Å²) < 4.78 is 0. The van der Waals surface area contributed by atoms with Crippen LogP contribution in [0.5, 0.6) is 0 Å². The Morgan fingerprint density at radius 1 is 1.25 bits per heavy atom. The van der Waals surface area contributed by atoms with Crippen LogP contribution in [0.2, 0.25) is 0 Å². The summed E-state index contributed by atoms with van der Waals surface area (Å²) in [4.78, 5) is 13.2. The second kappa shape index (κ2) is 5.05. The number of hydrogen-bond acceptors (Lipinski definition) is 2. The Hall–Kier alpha value is -0.760. The molecular formula is C14H18OS. The molecule has 0 amide bonds. The first-order valence-electron chi connectivity index (χ1n) is 5.92. The number of aryl methyl sites for hydroxylation is 1. The Morgan fingerprint density at radius 2 is 2.00 bits per heavy atom. The molecule has 0 aliphatic heterocycles. The lowest BCUT2D eigenvalue weighted by molar-refractivity contribution is -0.120. The van der Waals surface area contributed by atoms with Gasteiger partial charge in [0.05, 0.1) is 5.25 Å². The summed E-state index contributed by atoms with van der Waals surface area (Å²) >= 11 is 1.75. The summed E-state index contributed by atoms with van der Waals surface area (Å²) in [6.45, 7) is 4.28. The molecule has 0 spiro atoms. The highest BCUT2D eigenvalue weighted by Gasteiger charge is 2.27. The molecule has 1 aromatic rings. The second-order valence-corrected chi connectivity index (χ2v) is 5.97. The number of rotatable bonds is 2. The Labute approximate surface area is 102 Å². The van der Waals surface area contributed by atoms with Crippen LogP contribution in [-0.4, -0.2) is 11.0 Å². The van der Waals surface area contributed by atoms with Crippen molar-refractivity contribution in [2.75, 3.05) is 0 Å². The number of thioether (sulfide) groups is 1. The summed E-state index contributed by atoms with van der Waals surface area (Å²) in [6.07, 6.45) is 3.00. The van der Waals surface area contributed by atoms with E-state index in [9.17, 15) is 4.79 Å². The van der Waals surface area contributed by atoms with Gasteiger partial charge in [-0.3, -0.25) is 4.79 Å². The number of ketones is 1. The smallest absolute Gasteiger partial charge is 0.146 e. The van der Waals surface area contributed by atoms with Crippen LogP contribution < -0.4 is 0 Å². The van der Waals surface area contributed by atoms with Gasteiger partial charge in [0.1, 0.15) is 5.78 Å². The molecule has 0 saturated heterocycles. The van der Waals surface area contributed by atoms with Crippen molar-refractivity contribution in [2.24, 2.45) is 5.92 Å². The molecular weight excluding hydrogens is 216 g/mol. The van der Waals surface area contributed by atoms with E-state index >= 15 is 0 Å². The van der Waals surface area contributed by atoms with E-state index in [0.717, 1.165) is 12.8 Å². The third-order valence-electron chi connectivity index (χ3n) is 3.19. The Morgan fingerprint density at radius 3 is 2.69 bits per heavy atom. The highest BCUT2D eigenvalue weighted by Crippen LogP contribution is 2.34. The van der Waals surface area contributed by atoms with Gasteiger partial charge in [0.2, 0.25) is 0 Å². The minimum absolute atomic E-state index is 0.192. The predicted octanol–water partition coefficient (Wildman–Crippen LogP) is 3.84. The molecule has 1 fully saturated rings. The van der Waals surface area contributed by atoms with E-state index in [1.54, 1.807) is 11.8 Å². The zero-order valence-electron chi connectivity index (χ0n) is 9.90. The van der Waals surface area contributed by atoms with Gasteiger partial charge in [0, 0.05) is 11.3 Å². The Kier molecular flexibility index (Phi) is 3.70. The largest absolute Gasteiger partial charge is 0.298 e. The number of hydrogen-bond donors (Lipinski definition) is 0. The normalized spacial score (nSPS) is 25.8. The summed E-state index contributed by atoms with van der Waals surface area (Å²) in [7, 11) is 0. The first-order valence-corrected chi connectivity index (χ1v) is 6.80. The molecule has 2 unspecified atom stereocenters. The van der Waals surface area contributed by atoms with Crippen LogP contribution in [0.3, 0.4) is 0 Å². The SMILES string of the molecule is Cc1ccccc1SC1CCC(C)CC1=O. The van der Waals surface area contributed by atoms with Gasteiger partial charge in [-0.2, -0.15) is 0 Å². The van der Waals surface area contributed by atoms with Crippen molar-refractivity contribution >= 4 is 17.5 Å². The topological polar surface area (TPSA) is 17.1 Å². The number of benzene rings is 1. The maximum absolute atomic E-state index is 11.9. The third kappa shape index (κ3) is 2.67. The molecule has 1 aromatic carbocycles. The molecule has 2 rings (SSSR count). The van der Waals surface area contributed by atoms with Crippen LogP contribution in [-0.2, 0) is 4.79 Å². The van der Waals surface area contributed by atoms with E-state index in [0.29, 0.717) is 11.7 Å². The van der Waals surface area contributed by atoms with Crippen LogP contribution in [0.4, 0.5) is 0 Å². The quantitative estimate of drug-likeness (QED) is 0.773. The molecule has 0 radical (unpaired) electrons. The van der Waals surface area contributed by atoms with E-state index in [1.807, 2.05) is 12.1 Å². The highest BCUT2D eigenvalue weighted by molar-refractivity contribution is 8.00. The molecule has 86 valence electrons. The molecule has 0 N–H and O–H groups in total. The predicted molar refractivity (Wildman–Crippen MR) is 68.8 cm³/mol. The van der Waals surface area contributed by atoms with Crippen LogP contribution in [0.15, 0.2) is 29.2 Å². The molecule has 0 bridgehead atoms. The molecule has 0 heterocycles. The fourth-order valence-corrected chi connectivity index (χ4v) is 3.34. The first kappa shape index (κ1) is 11.7. The van der Waals surface area contributed by atoms with Crippen LogP contribution in [0.25, 0.3) is 0 Å². The molecule has 1 aliphatic carbocycles. The van der Waals surface area contributed by atoms with E-state index in [1.165, 1.54) is 16.9 Å². The van der Waals surface area contributed by atoms with E-state index in [4.69, 9.17) is 0 Å². The average molecular weight is 234 g/mol. The number of carbonyl (C=O) groups excluding carboxylic acids is 1. The first-order chi connectivity index (χ1) is 7.66. The molecule has 1 saturated carbocycles. The van der Waals surface area contributed by atoms with Crippen molar-refractivity contribution in [3.63, 3.8) is 0 Å². The highest BCUT2D eigenvalue weighted by atomic mass is 32.2. The van der Waals surface area contributed by atoms with Gasteiger partial charge >= 0.3 is 0 Å². The lowest BCUT2D eigenvalue weighted by Gasteiger charge is -2.24. The minimum atomic E-state index is 0.192. The van der Waals surface area contributed by atoms with Crippen LogP contribution in [0, 0.1) is 12.8 Å². The van der Waals surface area contributed by atoms with E-state index in [-0.39, 0.29) is 5.25 Å². The van der Waals surface area contributed by atoms with Gasteiger partial charge in [-0.05, 0) is 37.3 Å². The van der Waals surface area contributed by atoms with Gasteiger partial charge < -0.3 is 0 Å². The summed E-state index contributed by atoms with van der Waals surface area (Å²) in [5.74, 6) is 1.02. The standard InChI is InChI=1S/C14H18OS/c1-10-7-8-14(12(15)9-10)16-13-6-4-3-5-11(13)2/h3-6,10,14H,7-9H2,1-2H3. The van der Waals surface area contributed by atoms with E-state index in [2.05, 4.69) is 26.0 Å². The maximum atomic E-state index is 11.9. The number of carbonyl (C=O) groups is 1. The fraction of sp³-hybridized carbons (Fsp3) is 0.500. The van der Waals surface area contributed by atoms with Crippen molar-refractivity contribution in [3.8, 4) is 0 Å². The summed E-state index contributed by atoms with van der Waals surface area (Å²) in [5, 5.41) is 0.192. The molecule has 2 heteroatoms. The maximum Gasteiger partial charge on any atom is 0.146 e. The fourth-order valence-electron chi connectivity index (χ4n) is 2.14. The monoisotopic (exact) mass is 234 g/mol. The third-order valence-corrected chi connectivity index (χ3v) is 4.69. The lowest BCUT2D eigenvalue weighted by Crippen LogP contribution is -2.25. The molecule has 2 atom stereocenters. The minimum Gasteiger partial charge on any atom is -0.298 e. The molecule has 1 nitrogen and oxygen atoms in total. The van der Waals surface area contributed by atoms with Gasteiger partial charge in [0.25, 0.3) is 0 Å². The van der Waals surface area contributed by atoms with Crippen molar-refractivity contribution in [1.82, 2.24) is 0 Å². The summed E-state index contributed by atoms with van der Waals surface area (Å²) in [6, 6.07) is 8.32. The molecule has 1 aliphatic rings. The summed E-state index contributed by atoms with van der Waals surface area (Å²) in [5.41, 5.74) is 1.28. The Bertz CT molecular complexity index is 386. The Balaban J connectivity index is 2.05. The van der Waals surface area contributed by atoms with Gasteiger partial charge in [-0.1, -0.05) is 25.1 Å².